The minimum absolute atomic E-state index is 0.0850. The standard InChI is InChI=1S/C17H20FIN2/c1-10-6-12-14(20)8-17(2,3)9-16(12)21(10)15-5-4-11(18)7-13(15)19/h4-7,14H,8-9,20H2,1-3H3. The quantitative estimate of drug-likeness (QED) is 0.705. The molecule has 1 aromatic carbocycles. The number of nitrogens with two attached hydrogens (primary N) is 1. The third-order valence-electron chi connectivity index (χ3n) is 4.29. The molecular weight excluding hydrogens is 378 g/mol. The van der Waals surface area contributed by atoms with Gasteiger partial charge < -0.3 is 10.3 Å². The molecule has 0 bridgehead atoms. The lowest BCUT2D eigenvalue weighted by Crippen LogP contribution is -2.30. The summed E-state index contributed by atoms with van der Waals surface area (Å²) in [5.74, 6) is -0.196. The molecule has 0 radical (unpaired) electrons. The topological polar surface area (TPSA) is 30.9 Å². The van der Waals surface area contributed by atoms with Gasteiger partial charge in [0.15, 0.2) is 0 Å². The molecule has 1 aromatic heterocycles. The summed E-state index contributed by atoms with van der Waals surface area (Å²) in [4.78, 5) is 0. The van der Waals surface area contributed by atoms with Crippen molar-refractivity contribution in [2.75, 3.05) is 0 Å². The van der Waals surface area contributed by atoms with Crippen molar-refractivity contribution in [3.8, 4) is 5.69 Å². The van der Waals surface area contributed by atoms with Crippen molar-refractivity contribution in [2.45, 2.75) is 39.7 Å². The Balaban J connectivity index is 2.21. The number of benzene rings is 1. The molecule has 1 unspecified atom stereocenters. The second kappa shape index (κ2) is 5.09. The van der Waals surface area contributed by atoms with E-state index in [4.69, 9.17) is 5.73 Å². The summed E-state index contributed by atoms with van der Waals surface area (Å²) >= 11 is 2.20. The molecular formula is C17H20FIN2. The van der Waals surface area contributed by atoms with Crippen molar-refractivity contribution >= 4 is 22.6 Å². The molecule has 21 heavy (non-hydrogen) atoms. The van der Waals surface area contributed by atoms with Crippen molar-refractivity contribution in [1.29, 1.82) is 0 Å². The Morgan fingerprint density at radius 3 is 2.71 bits per heavy atom. The van der Waals surface area contributed by atoms with Gasteiger partial charge in [0.05, 0.1) is 5.69 Å². The SMILES string of the molecule is Cc1cc2c(n1-c1ccc(F)cc1I)CC(C)(C)CC2N. The Labute approximate surface area is 138 Å². The van der Waals surface area contributed by atoms with Crippen molar-refractivity contribution in [2.24, 2.45) is 11.1 Å². The number of hydrogen-bond acceptors (Lipinski definition) is 1. The molecule has 1 heterocycles. The van der Waals surface area contributed by atoms with Crippen LogP contribution in [0.1, 0.15) is 43.3 Å². The highest BCUT2D eigenvalue weighted by molar-refractivity contribution is 14.1. The highest BCUT2D eigenvalue weighted by Crippen LogP contribution is 2.42. The molecule has 4 heteroatoms. The van der Waals surface area contributed by atoms with Crippen LogP contribution in [0.25, 0.3) is 5.69 Å². The second-order valence-corrected chi connectivity index (χ2v) is 7.93. The highest BCUT2D eigenvalue weighted by atomic mass is 127. The molecule has 0 saturated heterocycles. The van der Waals surface area contributed by atoms with Crippen LogP contribution in [0.15, 0.2) is 24.3 Å². The largest absolute Gasteiger partial charge is 0.324 e. The minimum atomic E-state index is -0.196. The fourth-order valence-corrected chi connectivity index (χ4v) is 4.16. The summed E-state index contributed by atoms with van der Waals surface area (Å²) in [6, 6.07) is 7.24. The van der Waals surface area contributed by atoms with Crippen LogP contribution in [0, 0.1) is 21.7 Å². The molecule has 0 saturated carbocycles. The van der Waals surface area contributed by atoms with Crippen molar-refractivity contribution in [1.82, 2.24) is 4.57 Å². The second-order valence-electron chi connectivity index (χ2n) is 6.77. The summed E-state index contributed by atoms with van der Waals surface area (Å²) in [7, 11) is 0. The number of rotatable bonds is 1. The van der Waals surface area contributed by atoms with Gasteiger partial charge in [-0.2, -0.15) is 0 Å². The Hall–Kier alpha value is -0.880. The van der Waals surface area contributed by atoms with Gasteiger partial charge in [-0.05, 0) is 77.6 Å². The maximum Gasteiger partial charge on any atom is 0.124 e. The summed E-state index contributed by atoms with van der Waals surface area (Å²) in [6.45, 7) is 6.62. The molecule has 3 rings (SSSR count). The zero-order valence-corrected chi connectivity index (χ0v) is 14.7. The van der Waals surface area contributed by atoms with E-state index in [0.29, 0.717) is 0 Å². The number of halogens is 2. The van der Waals surface area contributed by atoms with E-state index in [1.807, 2.05) is 6.07 Å². The lowest BCUT2D eigenvalue weighted by molar-refractivity contribution is 0.278. The maximum atomic E-state index is 13.4. The third kappa shape index (κ3) is 2.63. The summed E-state index contributed by atoms with van der Waals surface area (Å²) < 4.78 is 16.5. The van der Waals surface area contributed by atoms with Gasteiger partial charge in [-0.3, -0.25) is 0 Å². The zero-order valence-electron chi connectivity index (χ0n) is 12.6. The van der Waals surface area contributed by atoms with Gasteiger partial charge in [0.1, 0.15) is 5.82 Å². The Bertz CT molecular complexity index is 703. The van der Waals surface area contributed by atoms with Crippen molar-refractivity contribution < 1.29 is 4.39 Å². The van der Waals surface area contributed by atoms with E-state index in [1.165, 1.54) is 17.3 Å². The van der Waals surface area contributed by atoms with Crippen LogP contribution in [0.4, 0.5) is 4.39 Å². The van der Waals surface area contributed by atoms with Gasteiger partial charge in [0.25, 0.3) is 0 Å². The molecule has 0 aliphatic heterocycles. The Morgan fingerprint density at radius 1 is 1.33 bits per heavy atom. The lowest BCUT2D eigenvalue weighted by atomic mass is 9.74. The minimum Gasteiger partial charge on any atom is -0.324 e. The van der Waals surface area contributed by atoms with E-state index < -0.39 is 0 Å². The lowest BCUT2D eigenvalue weighted by Gasteiger charge is -2.34. The van der Waals surface area contributed by atoms with E-state index in [2.05, 4.69) is 54.0 Å². The fourth-order valence-electron chi connectivity index (χ4n) is 3.45. The number of aromatic nitrogens is 1. The van der Waals surface area contributed by atoms with Gasteiger partial charge in [-0.25, -0.2) is 4.39 Å². The summed E-state index contributed by atoms with van der Waals surface area (Å²) in [5, 5.41) is 0. The first-order valence-corrected chi connectivity index (χ1v) is 8.28. The molecule has 1 aliphatic carbocycles. The van der Waals surface area contributed by atoms with Gasteiger partial charge in [-0.15, -0.1) is 0 Å². The van der Waals surface area contributed by atoms with Crippen molar-refractivity contribution in [3.63, 3.8) is 0 Å². The molecule has 112 valence electrons. The molecule has 2 aromatic rings. The predicted molar refractivity (Wildman–Crippen MR) is 92.2 cm³/mol. The van der Waals surface area contributed by atoms with Crippen LogP contribution in [0.5, 0.6) is 0 Å². The van der Waals surface area contributed by atoms with Crippen molar-refractivity contribution in [3.05, 3.63) is 50.6 Å². The summed E-state index contributed by atoms with van der Waals surface area (Å²) in [6.07, 6.45) is 2.00. The predicted octanol–water partition coefficient (Wildman–Crippen LogP) is 4.50. The zero-order chi connectivity index (χ0) is 15.4. The highest BCUT2D eigenvalue weighted by Gasteiger charge is 2.33. The van der Waals surface area contributed by atoms with Gasteiger partial charge >= 0.3 is 0 Å². The fraction of sp³-hybridized carbons (Fsp3) is 0.412. The number of aryl methyl sites for hydroxylation is 1. The number of fused-ring (bicyclic) bond motifs is 1. The van der Waals surface area contributed by atoms with E-state index in [1.54, 1.807) is 6.07 Å². The smallest absolute Gasteiger partial charge is 0.124 e. The number of hydrogen-bond donors (Lipinski definition) is 1. The average Bonchev–Trinajstić information content (AvgIpc) is 2.65. The van der Waals surface area contributed by atoms with E-state index in [0.717, 1.165) is 27.8 Å². The van der Waals surface area contributed by atoms with Gasteiger partial charge in [0.2, 0.25) is 0 Å². The first-order valence-electron chi connectivity index (χ1n) is 7.21. The normalized spacial score (nSPS) is 20.4. The molecule has 0 fully saturated rings. The van der Waals surface area contributed by atoms with E-state index >= 15 is 0 Å². The number of nitrogens with zero attached hydrogens (tertiary/aromatic N) is 1. The first-order chi connectivity index (χ1) is 9.78. The van der Waals surface area contributed by atoms with Crippen LogP contribution >= 0.6 is 22.6 Å². The van der Waals surface area contributed by atoms with Crippen LogP contribution in [0.3, 0.4) is 0 Å². The average molecular weight is 398 g/mol. The third-order valence-corrected chi connectivity index (χ3v) is 5.15. The van der Waals surface area contributed by atoms with Crippen LogP contribution < -0.4 is 5.73 Å². The molecule has 0 amide bonds. The molecule has 1 aliphatic rings. The Kier molecular flexibility index (Phi) is 3.64. The molecule has 2 nitrogen and oxygen atoms in total. The molecule has 0 spiro atoms. The maximum absolute atomic E-state index is 13.4. The van der Waals surface area contributed by atoms with Gasteiger partial charge in [0, 0.05) is 21.0 Å². The van der Waals surface area contributed by atoms with E-state index in [9.17, 15) is 4.39 Å². The Morgan fingerprint density at radius 2 is 2.05 bits per heavy atom. The monoisotopic (exact) mass is 398 g/mol. The van der Waals surface area contributed by atoms with Crippen LogP contribution in [-0.4, -0.2) is 4.57 Å². The van der Waals surface area contributed by atoms with Crippen LogP contribution in [0.2, 0.25) is 0 Å². The van der Waals surface area contributed by atoms with E-state index in [-0.39, 0.29) is 17.3 Å². The molecule has 2 N–H and O–H groups in total. The first kappa shape index (κ1) is 15.0. The molecule has 1 atom stereocenters. The van der Waals surface area contributed by atoms with Crippen LogP contribution in [-0.2, 0) is 6.42 Å². The summed E-state index contributed by atoms with van der Waals surface area (Å²) in [5.41, 5.74) is 11.3. The van der Waals surface area contributed by atoms with Gasteiger partial charge in [-0.1, -0.05) is 13.8 Å².